The zero-order chi connectivity index (χ0) is 18.4. The quantitative estimate of drug-likeness (QED) is 0.452. The van der Waals surface area contributed by atoms with Crippen LogP contribution in [0.3, 0.4) is 0 Å². The Morgan fingerprint density at radius 2 is 1.73 bits per heavy atom. The zero-order valence-corrected chi connectivity index (χ0v) is 16.6. The van der Waals surface area contributed by atoms with Gasteiger partial charge in [-0.25, -0.2) is 0 Å². The van der Waals surface area contributed by atoms with Crippen LogP contribution < -0.4 is 0 Å². The summed E-state index contributed by atoms with van der Waals surface area (Å²) in [6, 6.07) is 0. The van der Waals surface area contributed by atoms with Gasteiger partial charge in [-0.3, -0.25) is 9.00 Å². The summed E-state index contributed by atoms with van der Waals surface area (Å²) in [6.45, 7) is 0. The minimum atomic E-state index is -0.722. The van der Waals surface area contributed by atoms with E-state index in [0.29, 0.717) is 36.4 Å². The summed E-state index contributed by atoms with van der Waals surface area (Å²) in [5, 5.41) is 8.68. The van der Waals surface area contributed by atoms with Crippen LogP contribution in [0.2, 0.25) is 0 Å². The first kappa shape index (κ1) is 20.1. The smallest absolute Gasteiger partial charge is 0.303 e. The van der Waals surface area contributed by atoms with Gasteiger partial charge in [-0.2, -0.15) is 0 Å². The van der Waals surface area contributed by atoms with Crippen LogP contribution in [0.25, 0.3) is 0 Å². The van der Waals surface area contributed by atoms with Gasteiger partial charge in [0.2, 0.25) is 0 Å². The predicted molar refractivity (Wildman–Crippen MR) is 105 cm³/mol. The van der Waals surface area contributed by atoms with Gasteiger partial charge in [0.1, 0.15) is 0 Å². The monoisotopic (exact) mass is 382 g/mol. The van der Waals surface area contributed by atoms with Crippen molar-refractivity contribution in [3.63, 3.8) is 0 Å². The van der Waals surface area contributed by atoms with E-state index in [1.807, 2.05) is 0 Å². The van der Waals surface area contributed by atoms with Gasteiger partial charge in [0.25, 0.3) is 0 Å². The largest absolute Gasteiger partial charge is 0.481 e. The highest BCUT2D eigenvalue weighted by Crippen LogP contribution is 2.45. The summed E-state index contributed by atoms with van der Waals surface area (Å²) in [6.07, 6.45) is 16.5. The molecule has 3 aliphatic rings. The van der Waals surface area contributed by atoms with E-state index in [1.165, 1.54) is 32.1 Å². The lowest BCUT2D eigenvalue weighted by molar-refractivity contribution is -0.137. The second-order valence-corrected chi connectivity index (χ2v) is 9.93. The SMILES string of the molecule is O=C(O)CCC/C=C\C[C@@H]1[C@H](CS(=O)CC2CCCCC2)[C@@H]2CC[C@H]1O2. The minimum Gasteiger partial charge on any atom is -0.481 e. The number of hydrogen-bond donors (Lipinski definition) is 1. The molecule has 2 saturated heterocycles. The molecule has 0 aromatic rings. The molecule has 5 atom stereocenters. The number of allylic oxidation sites excluding steroid dienone is 2. The normalized spacial score (nSPS) is 33.1. The van der Waals surface area contributed by atoms with Crippen LogP contribution in [0.15, 0.2) is 12.2 Å². The molecule has 148 valence electrons. The van der Waals surface area contributed by atoms with Crippen LogP contribution in [0, 0.1) is 17.8 Å². The standard InChI is InChI=1S/C21H34O4S/c22-21(23)11-7-2-1-6-10-17-18(20-13-12-19(17)25-20)15-26(24)14-16-8-4-3-5-9-16/h1,6,16-20H,2-5,7-15H2,(H,22,23)/b6-1-/t17-,18+,19-,20+,26?/m1/s1. The highest BCUT2D eigenvalue weighted by molar-refractivity contribution is 7.85. The summed E-state index contributed by atoms with van der Waals surface area (Å²) >= 11 is 0. The van der Waals surface area contributed by atoms with Gasteiger partial charge in [0.15, 0.2) is 0 Å². The summed E-state index contributed by atoms with van der Waals surface area (Å²) in [5.41, 5.74) is 0. The fourth-order valence-corrected chi connectivity index (χ4v) is 6.96. The Hall–Kier alpha value is -0.680. The molecule has 1 N–H and O–H groups in total. The maximum atomic E-state index is 12.8. The fraction of sp³-hybridized carbons (Fsp3) is 0.857. The van der Waals surface area contributed by atoms with Crippen LogP contribution in [0.4, 0.5) is 0 Å². The Balaban J connectivity index is 1.44. The summed E-state index contributed by atoms with van der Waals surface area (Å²) in [4.78, 5) is 10.5. The zero-order valence-electron chi connectivity index (χ0n) is 15.8. The Morgan fingerprint density at radius 3 is 2.46 bits per heavy atom. The molecule has 5 heteroatoms. The van der Waals surface area contributed by atoms with Crippen molar-refractivity contribution in [3.8, 4) is 0 Å². The van der Waals surface area contributed by atoms with Gasteiger partial charge in [-0.05, 0) is 56.8 Å². The number of fused-ring (bicyclic) bond motifs is 2. The van der Waals surface area contributed by atoms with Crippen molar-refractivity contribution in [1.29, 1.82) is 0 Å². The van der Waals surface area contributed by atoms with Crippen molar-refractivity contribution in [3.05, 3.63) is 12.2 Å². The van der Waals surface area contributed by atoms with Gasteiger partial charge in [0, 0.05) is 34.6 Å². The third-order valence-corrected chi connectivity index (χ3v) is 8.05. The molecule has 0 aromatic heterocycles. The number of ether oxygens (including phenoxy) is 1. The van der Waals surface area contributed by atoms with Crippen LogP contribution in [-0.2, 0) is 20.3 Å². The lowest BCUT2D eigenvalue weighted by Gasteiger charge is -2.28. The van der Waals surface area contributed by atoms with Crippen molar-refractivity contribution < 1.29 is 18.8 Å². The van der Waals surface area contributed by atoms with E-state index in [1.54, 1.807) is 0 Å². The van der Waals surface area contributed by atoms with E-state index in [0.717, 1.165) is 37.2 Å². The van der Waals surface area contributed by atoms with E-state index >= 15 is 0 Å². The molecule has 4 nitrogen and oxygen atoms in total. The van der Waals surface area contributed by atoms with E-state index in [4.69, 9.17) is 9.84 Å². The predicted octanol–water partition coefficient (Wildman–Crippen LogP) is 4.31. The number of carboxylic acid groups (broad SMARTS) is 1. The highest BCUT2D eigenvalue weighted by atomic mass is 32.2. The van der Waals surface area contributed by atoms with Crippen LogP contribution in [0.5, 0.6) is 0 Å². The van der Waals surface area contributed by atoms with Gasteiger partial charge in [-0.1, -0.05) is 31.4 Å². The second kappa shape index (κ2) is 10.0. The molecular formula is C21H34O4S. The molecule has 3 fully saturated rings. The lowest BCUT2D eigenvalue weighted by Crippen LogP contribution is -2.32. The molecule has 0 aromatic carbocycles. The molecule has 0 radical (unpaired) electrons. The van der Waals surface area contributed by atoms with E-state index < -0.39 is 16.8 Å². The van der Waals surface area contributed by atoms with E-state index in [9.17, 15) is 9.00 Å². The first-order valence-electron chi connectivity index (χ1n) is 10.5. The Bertz CT molecular complexity index is 512. The van der Waals surface area contributed by atoms with E-state index in [-0.39, 0.29) is 6.42 Å². The van der Waals surface area contributed by atoms with Crippen molar-refractivity contribution in [2.75, 3.05) is 11.5 Å². The number of rotatable bonds is 10. The molecule has 2 heterocycles. The maximum absolute atomic E-state index is 12.8. The van der Waals surface area contributed by atoms with Crippen molar-refractivity contribution in [1.82, 2.24) is 0 Å². The molecule has 0 spiro atoms. The molecule has 1 saturated carbocycles. The number of hydrogen-bond acceptors (Lipinski definition) is 3. The van der Waals surface area contributed by atoms with E-state index in [2.05, 4.69) is 12.2 Å². The molecule has 3 rings (SSSR count). The summed E-state index contributed by atoms with van der Waals surface area (Å²) < 4.78 is 18.9. The fourth-order valence-electron chi connectivity index (χ4n) is 5.07. The molecule has 0 amide bonds. The van der Waals surface area contributed by atoms with Crippen LogP contribution in [-0.4, -0.2) is 39.0 Å². The number of unbranched alkanes of at least 4 members (excludes halogenated alkanes) is 1. The first-order chi connectivity index (χ1) is 12.6. The van der Waals surface area contributed by atoms with Crippen molar-refractivity contribution >= 4 is 16.8 Å². The molecular weight excluding hydrogens is 348 g/mol. The van der Waals surface area contributed by atoms with Gasteiger partial charge in [-0.15, -0.1) is 0 Å². The third-order valence-electron chi connectivity index (χ3n) is 6.45. The molecule has 1 aliphatic carbocycles. The average Bonchev–Trinajstić information content (AvgIpc) is 3.21. The number of carboxylic acids is 1. The molecule has 2 aliphatic heterocycles. The molecule has 1 unspecified atom stereocenters. The summed E-state index contributed by atoms with van der Waals surface area (Å²) in [5.74, 6) is 2.61. The van der Waals surface area contributed by atoms with Crippen LogP contribution >= 0.6 is 0 Å². The topological polar surface area (TPSA) is 63.6 Å². The molecule has 26 heavy (non-hydrogen) atoms. The Morgan fingerprint density at radius 1 is 1.00 bits per heavy atom. The van der Waals surface area contributed by atoms with Gasteiger partial charge >= 0.3 is 5.97 Å². The number of aliphatic carboxylic acids is 1. The minimum absolute atomic E-state index is 0.240. The Kier molecular flexibility index (Phi) is 7.74. The van der Waals surface area contributed by atoms with Crippen molar-refractivity contribution in [2.24, 2.45) is 17.8 Å². The average molecular weight is 383 g/mol. The highest BCUT2D eigenvalue weighted by Gasteiger charge is 2.48. The number of carbonyl (C=O) groups is 1. The summed E-state index contributed by atoms with van der Waals surface area (Å²) in [7, 11) is -0.715. The van der Waals surface area contributed by atoms with Gasteiger partial charge in [0.05, 0.1) is 12.2 Å². The van der Waals surface area contributed by atoms with Gasteiger partial charge < -0.3 is 9.84 Å². The third kappa shape index (κ3) is 5.66. The molecule has 2 bridgehead atoms. The lowest BCUT2D eigenvalue weighted by atomic mass is 9.78. The second-order valence-electron chi connectivity index (χ2n) is 8.39. The maximum Gasteiger partial charge on any atom is 0.303 e. The van der Waals surface area contributed by atoms with Crippen LogP contribution in [0.1, 0.15) is 70.6 Å². The first-order valence-corrected chi connectivity index (χ1v) is 12.0. The van der Waals surface area contributed by atoms with Crippen molar-refractivity contribution in [2.45, 2.75) is 82.8 Å². The Labute approximate surface area is 160 Å².